The molecule has 0 aromatic heterocycles. The van der Waals surface area contributed by atoms with Crippen molar-refractivity contribution in [3.63, 3.8) is 0 Å². The molecule has 0 saturated carbocycles. The lowest BCUT2D eigenvalue weighted by Gasteiger charge is -2.36. The molecule has 2 atom stereocenters. The molecule has 2 fully saturated rings. The van der Waals surface area contributed by atoms with Gasteiger partial charge in [-0.05, 0) is 49.9 Å². The predicted molar refractivity (Wildman–Crippen MR) is 71.3 cm³/mol. The molecule has 96 valence electrons. The summed E-state index contributed by atoms with van der Waals surface area (Å²) in [5, 5.41) is 0. The molecule has 2 nitrogen and oxygen atoms in total. The van der Waals surface area contributed by atoms with Crippen molar-refractivity contribution in [3.05, 3.63) is 34.3 Å². The van der Waals surface area contributed by atoms with Gasteiger partial charge in [0.15, 0.2) is 0 Å². The van der Waals surface area contributed by atoms with Gasteiger partial charge in [0.05, 0.1) is 0 Å². The maximum atomic E-state index is 13.5. The van der Waals surface area contributed by atoms with E-state index in [0.29, 0.717) is 18.4 Å². The molecule has 1 amide bonds. The molecular weight excluding hydrogens is 297 g/mol. The van der Waals surface area contributed by atoms with E-state index < -0.39 is 6.17 Å². The molecule has 0 spiro atoms. The number of piperidine rings is 1. The molecule has 3 rings (SSSR count). The molecule has 2 unspecified atom stereocenters. The SMILES string of the molecule is O=C(c1ccc(Br)cc1)N1C2CCC1CC(F)C2. The minimum Gasteiger partial charge on any atom is -0.332 e. The van der Waals surface area contributed by atoms with Crippen molar-refractivity contribution in [2.24, 2.45) is 0 Å². The highest BCUT2D eigenvalue weighted by Gasteiger charge is 2.43. The Bertz CT molecular complexity index is 447. The quantitative estimate of drug-likeness (QED) is 0.776. The first kappa shape index (κ1) is 12.2. The second-order valence-electron chi connectivity index (χ2n) is 5.17. The van der Waals surface area contributed by atoms with Gasteiger partial charge in [0, 0.05) is 22.1 Å². The van der Waals surface area contributed by atoms with Crippen LogP contribution in [0.15, 0.2) is 28.7 Å². The molecule has 18 heavy (non-hydrogen) atoms. The summed E-state index contributed by atoms with van der Waals surface area (Å²) in [5.74, 6) is 0.0573. The van der Waals surface area contributed by atoms with Gasteiger partial charge in [-0.3, -0.25) is 4.79 Å². The summed E-state index contributed by atoms with van der Waals surface area (Å²) in [6.07, 6.45) is 2.20. The first-order valence-corrected chi connectivity index (χ1v) is 7.17. The van der Waals surface area contributed by atoms with Gasteiger partial charge in [-0.25, -0.2) is 4.39 Å². The van der Waals surface area contributed by atoms with E-state index in [9.17, 15) is 9.18 Å². The summed E-state index contributed by atoms with van der Waals surface area (Å²) >= 11 is 3.36. The summed E-state index contributed by atoms with van der Waals surface area (Å²) in [6, 6.07) is 7.61. The van der Waals surface area contributed by atoms with Crippen molar-refractivity contribution in [1.29, 1.82) is 0 Å². The fraction of sp³-hybridized carbons (Fsp3) is 0.500. The van der Waals surface area contributed by atoms with E-state index in [2.05, 4.69) is 15.9 Å². The van der Waals surface area contributed by atoms with Crippen molar-refractivity contribution in [2.75, 3.05) is 0 Å². The van der Waals surface area contributed by atoms with E-state index in [1.807, 2.05) is 29.2 Å². The number of hydrogen-bond acceptors (Lipinski definition) is 1. The second kappa shape index (κ2) is 4.65. The van der Waals surface area contributed by atoms with Crippen LogP contribution in [0.3, 0.4) is 0 Å². The van der Waals surface area contributed by atoms with Gasteiger partial charge >= 0.3 is 0 Å². The number of rotatable bonds is 1. The van der Waals surface area contributed by atoms with Crippen LogP contribution in [0.4, 0.5) is 4.39 Å². The molecule has 2 saturated heterocycles. The van der Waals surface area contributed by atoms with Crippen LogP contribution >= 0.6 is 15.9 Å². The topological polar surface area (TPSA) is 20.3 Å². The maximum Gasteiger partial charge on any atom is 0.254 e. The minimum absolute atomic E-state index is 0.0573. The Balaban J connectivity index is 1.83. The average Bonchev–Trinajstić information content (AvgIpc) is 2.62. The normalized spacial score (nSPS) is 30.6. The smallest absolute Gasteiger partial charge is 0.254 e. The van der Waals surface area contributed by atoms with Gasteiger partial charge < -0.3 is 4.90 Å². The molecular formula is C14H15BrFNO. The van der Waals surface area contributed by atoms with Crippen molar-refractivity contribution in [3.8, 4) is 0 Å². The van der Waals surface area contributed by atoms with Gasteiger partial charge in [0.2, 0.25) is 0 Å². The van der Waals surface area contributed by atoms with Crippen LogP contribution in [0.1, 0.15) is 36.0 Å². The van der Waals surface area contributed by atoms with Crippen LogP contribution in [-0.2, 0) is 0 Å². The van der Waals surface area contributed by atoms with Crippen LogP contribution < -0.4 is 0 Å². The van der Waals surface area contributed by atoms with E-state index in [0.717, 1.165) is 17.3 Å². The molecule has 2 heterocycles. The predicted octanol–water partition coefficient (Wildman–Crippen LogP) is 3.55. The van der Waals surface area contributed by atoms with Crippen LogP contribution in [0.25, 0.3) is 0 Å². The summed E-state index contributed by atoms with van der Waals surface area (Å²) in [4.78, 5) is 14.4. The van der Waals surface area contributed by atoms with Crippen LogP contribution in [0.2, 0.25) is 0 Å². The van der Waals surface area contributed by atoms with Crippen LogP contribution in [0, 0.1) is 0 Å². The molecule has 2 bridgehead atoms. The Morgan fingerprint density at radius 3 is 2.28 bits per heavy atom. The zero-order chi connectivity index (χ0) is 12.7. The van der Waals surface area contributed by atoms with E-state index >= 15 is 0 Å². The summed E-state index contributed by atoms with van der Waals surface area (Å²) in [5.41, 5.74) is 0.701. The van der Waals surface area contributed by atoms with Gasteiger partial charge in [0.1, 0.15) is 6.17 Å². The summed E-state index contributed by atoms with van der Waals surface area (Å²) in [7, 11) is 0. The summed E-state index contributed by atoms with van der Waals surface area (Å²) < 4.78 is 14.4. The highest BCUT2D eigenvalue weighted by atomic mass is 79.9. The number of fused-ring (bicyclic) bond motifs is 2. The zero-order valence-electron chi connectivity index (χ0n) is 9.98. The van der Waals surface area contributed by atoms with E-state index in [-0.39, 0.29) is 18.0 Å². The molecule has 1 aromatic rings. The lowest BCUT2D eigenvalue weighted by atomic mass is 10.00. The minimum atomic E-state index is -0.725. The molecule has 4 heteroatoms. The Kier molecular flexibility index (Phi) is 3.14. The van der Waals surface area contributed by atoms with Crippen molar-refractivity contribution >= 4 is 21.8 Å². The maximum absolute atomic E-state index is 13.5. The number of hydrogen-bond donors (Lipinski definition) is 0. The molecule has 0 N–H and O–H groups in total. The number of carbonyl (C=O) groups excluding carboxylic acids is 1. The molecule has 2 aliphatic rings. The Morgan fingerprint density at radius 2 is 1.72 bits per heavy atom. The van der Waals surface area contributed by atoms with Gasteiger partial charge in [-0.2, -0.15) is 0 Å². The number of halogens is 2. The van der Waals surface area contributed by atoms with E-state index in [4.69, 9.17) is 0 Å². The van der Waals surface area contributed by atoms with Crippen LogP contribution in [-0.4, -0.2) is 29.1 Å². The lowest BCUT2D eigenvalue weighted by Crippen LogP contribution is -2.47. The highest BCUT2D eigenvalue weighted by Crippen LogP contribution is 2.37. The second-order valence-corrected chi connectivity index (χ2v) is 6.09. The molecule has 0 radical (unpaired) electrons. The number of alkyl halides is 1. The van der Waals surface area contributed by atoms with Crippen molar-refractivity contribution in [1.82, 2.24) is 4.90 Å². The van der Waals surface area contributed by atoms with E-state index in [1.165, 1.54) is 0 Å². The lowest BCUT2D eigenvalue weighted by molar-refractivity contribution is 0.0479. The third-order valence-corrected chi connectivity index (χ3v) is 4.53. The Labute approximate surface area is 114 Å². The average molecular weight is 312 g/mol. The number of carbonyl (C=O) groups is 1. The molecule has 2 aliphatic heterocycles. The standard InChI is InChI=1S/C14H15BrFNO/c15-10-3-1-9(2-4-10)14(18)17-12-5-6-13(17)8-11(16)7-12/h1-4,11-13H,5-8H2. The molecule has 1 aromatic carbocycles. The first-order chi connectivity index (χ1) is 8.65. The number of amides is 1. The van der Waals surface area contributed by atoms with Crippen molar-refractivity contribution < 1.29 is 9.18 Å². The third kappa shape index (κ3) is 2.07. The Morgan fingerprint density at radius 1 is 1.17 bits per heavy atom. The number of benzene rings is 1. The zero-order valence-corrected chi connectivity index (χ0v) is 11.6. The monoisotopic (exact) mass is 311 g/mol. The van der Waals surface area contributed by atoms with Gasteiger partial charge in [-0.1, -0.05) is 15.9 Å². The highest BCUT2D eigenvalue weighted by molar-refractivity contribution is 9.10. The van der Waals surface area contributed by atoms with Crippen molar-refractivity contribution in [2.45, 2.75) is 43.9 Å². The number of nitrogens with zero attached hydrogens (tertiary/aromatic N) is 1. The van der Waals surface area contributed by atoms with Crippen LogP contribution in [0.5, 0.6) is 0 Å². The fourth-order valence-electron chi connectivity index (χ4n) is 3.18. The largest absolute Gasteiger partial charge is 0.332 e. The summed E-state index contributed by atoms with van der Waals surface area (Å²) in [6.45, 7) is 0. The Hall–Kier alpha value is -0.900. The third-order valence-electron chi connectivity index (χ3n) is 4.00. The van der Waals surface area contributed by atoms with Gasteiger partial charge in [0.25, 0.3) is 5.91 Å². The first-order valence-electron chi connectivity index (χ1n) is 6.37. The van der Waals surface area contributed by atoms with Gasteiger partial charge in [-0.15, -0.1) is 0 Å². The molecule has 0 aliphatic carbocycles. The van der Waals surface area contributed by atoms with E-state index in [1.54, 1.807) is 0 Å². The fourth-order valence-corrected chi connectivity index (χ4v) is 3.45.